The number of fused-ring (bicyclic) bond motifs is 2. The number of ketones is 2. The molecular formula is C46H66O21. The van der Waals surface area contributed by atoms with Crippen molar-refractivity contribution in [1.82, 2.24) is 0 Å². The first-order valence-corrected chi connectivity index (χ1v) is 22.8. The predicted octanol–water partition coefficient (Wildman–Crippen LogP) is -0.130. The highest BCUT2D eigenvalue weighted by Crippen LogP contribution is 2.47. The summed E-state index contributed by atoms with van der Waals surface area (Å²) in [5, 5.41) is 108. The van der Waals surface area contributed by atoms with Gasteiger partial charge in [0.25, 0.3) is 0 Å². The van der Waals surface area contributed by atoms with Gasteiger partial charge in [0.15, 0.2) is 30.4 Å². The number of carbonyl (C=O) groups excluding carboxylic acids is 2. The lowest BCUT2D eigenvalue weighted by atomic mass is 9.75. The number of hydrogen-bond donors (Lipinski definition) is 10. The van der Waals surface area contributed by atoms with E-state index in [1.807, 2.05) is 0 Å². The molecule has 4 aliphatic heterocycles. The number of hydrogen-bond acceptors (Lipinski definition) is 21. The third-order valence-electron chi connectivity index (χ3n) is 13.9. The Labute approximate surface area is 387 Å². The van der Waals surface area contributed by atoms with E-state index in [1.165, 1.54) is 40.0 Å². The van der Waals surface area contributed by atoms with Gasteiger partial charge < -0.3 is 93.7 Å². The molecule has 2 aromatic rings. The van der Waals surface area contributed by atoms with Crippen LogP contribution in [0.4, 0.5) is 0 Å². The molecule has 10 N–H and O–H groups in total. The SMILES string of the molecule is COC(C(=O)C(O)C(C)O)C1Cc2cc3cc(OC4CC(O)C(O)C(C)O4)c(C)c(O)c3c(O)c2C(=O)C1OC1CC(OC2CC(OC3CC(C)(O)C(O)C(C)O3)C(O)C(C)O2)C(O)C(C)O1. The van der Waals surface area contributed by atoms with E-state index in [2.05, 4.69) is 0 Å². The molecule has 4 heterocycles. The molecular weight excluding hydrogens is 888 g/mol. The second-order valence-corrected chi connectivity index (χ2v) is 19.0. The van der Waals surface area contributed by atoms with Crippen LogP contribution in [0.3, 0.4) is 0 Å². The summed E-state index contributed by atoms with van der Waals surface area (Å²) in [6.07, 6.45) is -22.9. The zero-order valence-electron chi connectivity index (χ0n) is 38.7. The third-order valence-corrected chi connectivity index (χ3v) is 13.9. The number of benzene rings is 2. The molecule has 0 spiro atoms. The molecule has 5 aliphatic rings. The summed E-state index contributed by atoms with van der Waals surface area (Å²) in [5.74, 6) is -3.94. The first-order chi connectivity index (χ1) is 31.4. The minimum Gasteiger partial charge on any atom is -0.507 e. The zero-order chi connectivity index (χ0) is 49.1. The van der Waals surface area contributed by atoms with Gasteiger partial charge >= 0.3 is 0 Å². The molecule has 0 amide bonds. The fourth-order valence-electron chi connectivity index (χ4n) is 9.92. The topological polar surface area (TPSA) is 320 Å². The fraction of sp³-hybridized carbons (Fsp3) is 0.739. The summed E-state index contributed by atoms with van der Waals surface area (Å²) in [6, 6.07) is 3.02. The molecule has 0 bridgehead atoms. The molecule has 376 valence electrons. The Balaban J connectivity index is 1.16. The number of rotatable bonds is 13. The second-order valence-electron chi connectivity index (χ2n) is 19.0. The van der Waals surface area contributed by atoms with Crippen LogP contribution < -0.4 is 4.74 Å². The summed E-state index contributed by atoms with van der Waals surface area (Å²) < 4.78 is 54.0. The van der Waals surface area contributed by atoms with Crippen LogP contribution in [0.25, 0.3) is 10.8 Å². The lowest BCUT2D eigenvalue weighted by Crippen LogP contribution is -2.58. The normalized spacial score (nSPS) is 40.8. The molecule has 4 saturated heterocycles. The van der Waals surface area contributed by atoms with Gasteiger partial charge in [-0.2, -0.15) is 0 Å². The van der Waals surface area contributed by atoms with Crippen LogP contribution >= 0.6 is 0 Å². The number of ether oxygens (including phenoxy) is 9. The Morgan fingerprint density at radius 2 is 1.33 bits per heavy atom. The maximum Gasteiger partial charge on any atom is 0.202 e. The predicted molar refractivity (Wildman–Crippen MR) is 229 cm³/mol. The van der Waals surface area contributed by atoms with Gasteiger partial charge in [-0.3, -0.25) is 9.59 Å². The fourth-order valence-corrected chi connectivity index (χ4v) is 9.92. The molecule has 21 unspecified atom stereocenters. The monoisotopic (exact) mass is 954 g/mol. The van der Waals surface area contributed by atoms with Crippen molar-refractivity contribution < 1.29 is 103 Å². The van der Waals surface area contributed by atoms with E-state index in [4.69, 9.17) is 42.6 Å². The van der Waals surface area contributed by atoms with Crippen LogP contribution in [0.1, 0.15) is 88.7 Å². The van der Waals surface area contributed by atoms with Gasteiger partial charge in [-0.25, -0.2) is 0 Å². The highest BCUT2D eigenvalue weighted by molar-refractivity contribution is 6.11. The lowest BCUT2D eigenvalue weighted by Gasteiger charge is -2.46. The van der Waals surface area contributed by atoms with E-state index < -0.39 is 151 Å². The van der Waals surface area contributed by atoms with Crippen LogP contribution in [0.2, 0.25) is 0 Å². The van der Waals surface area contributed by atoms with Gasteiger partial charge in [-0.05, 0) is 78.0 Å². The zero-order valence-corrected chi connectivity index (χ0v) is 38.7. The van der Waals surface area contributed by atoms with Crippen molar-refractivity contribution in [3.05, 3.63) is 28.8 Å². The van der Waals surface area contributed by atoms with E-state index in [9.17, 15) is 60.7 Å². The summed E-state index contributed by atoms with van der Waals surface area (Å²) in [4.78, 5) is 28.6. The van der Waals surface area contributed by atoms with Crippen LogP contribution in [-0.2, 0) is 49.1 Å². The maximum atomic E-state index is 14.9. The lowest BCUT2D eigenvalue weighted by molar-refractivity contribution is -0.334. The molecule has 7 rings (SSSR count). The number of aromatic hydroxyl groups is 2. The first kappa shape index (κ1) is 51.6. The number of Topliss-reactive ketones (excluding diaryl/α,β-unsaturated/α-hetero) is 2. The molecule has 67 heavy (non-hydrogen) atoms. The van der Waals surface area contributed by atoms with Crippen LogP contribution in [0, 0.1) is 12.8 Å². The van der Waals surface area contributed by atoms with Crippen molar-refractivity contribution in [2.45, 2.75) is 203 Å². The molecule has 0 saturated carbocycles. The largest absolute Gasteiger partial charge is 0.507 e. The van der Waals surface area contributed by atoms with Crippen molar-refractivity contribution in [2.75, 3.05) is 7.11 Å². The van der Waals surface area contributed by atoms with E-state index in [0.717, 1.165) is 0 Å². The van der Waals surface area contributed by atoms with Crippen LogP contribution in [-0.4, -0.2) is 192 Å². The van der Waals surface area contributed by atoms with Gasteiger partial charge in [0, 0.05) is 44.3 Å². The third kappa shape index (κ3) is 10.3. The molecule has 21 atom stereocenters. The number of aliphatic hydroxyl groups excluding tert-OH is 7. The van der Waals surface area contributed by atoms with Crippen molar-refractivity contribution in [3.63, 3.8) is 0 Å². The molecule has 1 aliphatic carbocycles. The van der Waals surface area contributed by atoms with Gasteiger partial charge in [0.05, 0.1) is 65.4 Å². The van der Waals surface area contributed by atoms with Crippen molar-refractivity contribution >= 4 is 22.3 Å². The highest BCUT2D eigenvalue weighted by atomic mass is 16.7. The Bertz CT molecular complexity index is 2090. The Hall–Kier alpha value is -3.20. The van der Waals surface area contributed by atoms with E-state index in [0.29, 0.717) is 0 Å². The van der Waals surface area contributed by atoms with Crippen molar-refractivity contribution in [2.24, 2.45) is 5.92 Å². The number of carbonyl (C=O) groups is 2. The highest BCUT2D eigenvalue weighted by Gasteiger charge is 2.51. The average Bonchev–Trinajstić information content (AvgIpc) is 3.25. The molecule has 21 heteroatoms. The van der Waals surface area contributed by atoms with E-state index >= 15 is 0 Å². The molecule has 21 nitrogen and oxygen atoms in total. The molecule has 4 fully saturated rings. The smallest absolute Gasteiger partial charge is 0.202 e. The minimum atomic E-state index is -1.92. The van der Waals surface area contributed by atoms with Gasteiger partial charge in [0.1, 0.15) is 60.0 Å². The summed E-state index contributed by atoms with van der Waals surface area (Å²) >= 11 is 0. The van der Waals surface area contributed by atoms with Crippen LogP contribution in [0.5, 0.6) is 17.2 Å². The Kier molecular flexibility index (Phi) is 15.6. The average molecular weight is 955 g/mol. The summed E-state index contributed by atoms with van der Waals surface area (Å²) in [5.41, 5.74) is -1.40. The first-order valence-electron chi connectivity index (χ1n) is 22.8. The van der Waals surface area contributed by atoms with Crippen molar-refractivity contribution in [1.29, 1.82) is 0 Å². The molecule has 0 aromatic heterocycles. The van der Waals surface area contributed by atoms with Gasteiger partial charge in [-0.1, -0.05) is 0 Å². The summed E-state index contributed by atoms with van der Waals surface area (Å²) in [6.45, 7) is 10.5. The number of phenolic OH excluding ortho intramolecular Hbond substituents is 2. The molecule has 0 radical (unpaired) electrons. The second kappa shape index (κ2) is 20.3. The summed E-state index contributed by atoms with van der Waals surface area (Å²) in [7, 11) is 1.19. The molecule has 2 aromatic carbocycles. The maximum absolute atomic E-state index is 14.9. The van der Waals surface area contributed by atoms with Crippen LogP contribution in [0.15, 0.2) is 12.1 Å². The standard InChI is InChI=1S/C46H66O21/c1-16-26(64-29-12-25(48)37(51)18(3)60-29)11-23-9-22-10-24(43(59-8)42(56)36(50)17(2)47)44(41(55)34(22)40(54)33(23)35(16)49)67-31-14-27(38(52)20(5)62-31)65-30-13-28(39(53)19(4)61-30)66-32-15-46(7,58)45(57)21(6)63-32/h9,11,17-21,24-25,27-32,36-39,43-45,47-54,57-58H,10,12-15H2,1-8H3. The number of methoxy groups -OCH3 is 1. The van der Waals surface area contributed by atoms with Gasteiger partial charge in [0.2, 0.25) is 6.29 Å². The van der Waals surface area contributed by atoms with E-state index in [1.54, 1.807) is 27.7 Å². The van der Waals surface area contributed by atoms with Gasteiger partial charge in [-0.15, -0.1) is 0 Å². The Morgan fingerprint density at radius 1 is 0.776 bits per heavy atom. The Morgan fingerprint density at radius 3 is 1.90 bits per heavy atom. The number of phenols is 2. The van der Waals surface area contributed by atoms with Crippen molar-refractivity contribution in [3.8, 4) is 17.2 Å². The van der Waals surface area contributed by atoms with E-state index in [-0.39, 0.29) is 65.3 Å². The number of aliphatic hydroxyl groups is 8. The quantitative estimate of drug-likeness (QED) is 0.125. The minimum absolute atomic E-state index is 0.0500.